The number of carbonyl (C=O) groups is 3. The largest absolute Gasteiger partial charge is 0.490 e. The van der Waals surface area contributed by atoms with Crippen LogP contribution in [0.25, 0.3) is 11.0 Å². The number of carbonyl (C=O) groups excluding carboxylic acids is 2. The fourth-order valence-corrected chi connectivity index (χ4v) is 4.12. The molecule has 3 rings (SSSR count). The Morgan fingerprint density at radius 1 is 1.11 bits per heavy atom. The van der Waals surface area contributed by atoms with Crippen LogP contribution in [0.2, 0.25) is 0 Å². The molecule has 1 unspecified atom stereocenters. The molecule has 1 aliphatic rings. The van der Waals surface area contributed by atoms with E-state index in [1.165, 1.54) is 19.3 Å². The van der Waals surface area contributed by atoms with Crippen LogP contribution in [0.15, 0.2) is 23.0 Å². The number of carboxylic acids is 1. The summed E-state index contributed by atoms with van der Waals surface area (Å²) in [7, 11) is 1.75. The van der Waals surface area contributed by atoms with Gasteiger partial charge in [-0.15, -0.1) is 0 Å². The zero-order valence-corrected chi connectivity index (χ0v) is 19.6. The number of benzene rings is 1. The number of imidazole rings is 1. The highest BCUT2D eigenvalue weighted by atomic mass is 19.4. The van der Waals surface area contributed by atoms with Gasteiger partial charge in [0.1, 0.15) is 6.04 Å². The molecule has 2 aromatic rings. The number of imide groups is 1. The lowest BCUT2D eigenvalue weighted by Gasteiger charge is -2.21. The highest BCUT2D eigenvalue weighted by Crippen LogP contribution is 2.26. The van der Waals surface area contributed by atoms with Crippen LogP contribution in [-0.4, -0.2) is 44.7 Å². The fourth-order valence-electron chi connectivity index (χ4n) is 4.12. The summed E-state index contributed by atoms with van der Waals surface area (Å²) < 4.78 is 34.9. The van der Waals surface area contributed by atoms with Crippen LogP contribution in [0.5, 0.6) is 0 Å². The lowest BCUT2D eigenvalue weighted by atomic mass is 10.0. The van der Waals surface area contributed by atoms with Crippen LogP contribution < -0.4 is 16.7 Å². The van der Waals surface area contributed by atoms with E-state index in [9.17, 15) is 27.6 Å². The second-order valence-corrected chi connectivity index (χ2v) is 8.43. The van der Waals surface area contributed by atoms with Crippen molar-refractivity contribution in [2.75, 3.05) is 6.54 Å². The Labute approximate surface area is 200 Å². The van der Waals surface area contributed by atoms with E-state index in [0.29, 0.717) is 6.42 Å². The summed E-state index contributed by atoms with van der Waals surface area (Å²) >= 11 is 0. The number of nitrogens with one attached hydrogen (secondary N) is 1. The zero-order valence-electron chi connectivity index (χ0n) is 19.6. The monoisotopic (exact) mass is 500 g/mol. The number of hydrogen-bond acceptors (Lipinski definition) is 5. The Morgan fingerprint density at radius 2 is 1.71 bits per heavy atom. The van der Waals surface area contributed by atoms with E-state index >= 15 is 0 Å². The number of hydrogen-bond donors (Lipinski definition) is 3. The number of nitrogens with two attached hydrogens (primary N) is 1. The minimum absolute atomic E-state index is 0.210. The van der Waals surface area contributed by atoms with Gasteiger partial charge in [0.25, 0.3) is 0 Å². The first-order chi connectivity index (χ1) is 16.5. The van der Waals surface area contributed by atoms with Crippen LogP contribution in [0.3, 0.4) is 0 Å². The lowest BCUT2D eigenvalue weighted by Crippen LogP contribution is -2.44. The van der Waals surface area contributed by atoms with Gasteiger partial charge < -0.3 is 10.8 Å². The summed E-state index contributed by atoms with van der Waals surface area (Å²) in [5.74, 6) is -3.43. The second kappa shape index (κ2) is 12.5. The highest BCUT2D eigenvalue weighted by molar-refractivity contribution is 6.00. The standard InChI is InChI=1S/C21H30N4O3.C2HF3O2/c1-24-19-15(9-6-4-2-3-5-7-14-22)10-8-11-16(19)25(21(24)28)17-12-13-18(26)23-20(17)27;3-2(4,5)1(6)7/h8,10-11,17H,2-7,9,12-14,22H2,1H3,(H,23,26,27);(H,6,7). The van der Waals surface area contributed by atoms with Crippen molar-refractivity contribution in [3.8, 4) is 0 Å². The molecule has 2 heterocycles. The second-order valence-electron chi connectivity index (χ2n) is 8.43. The Bertz CT molecular complexity index is 1110. The number of carboxylic acid groups (broad SMARTS) is 1. The molecule has 0 saturated carbocycles. The lowest BCUT2D eigenvalue weighted by molar-refractivity contribution is -0.192. The van der Waals surface area contributed by atoms with Crippen LogP contribution >= 0.6 is 0 Å². The Morgan fingerprint density at radius 3 is 2.29 bits per heavy atom. The number of amides is 2. The molecule has 1 aromatic carbocycles. The van der Waals surface area contributed by atoms with E-state index in [1.807, 2.05) is 12.1 Å². The van der Waals surface area contributed by atoms with Crippen molar-refractivity contribution in [2.24, 2.45) is 12.8 Å². The van der Waals surface area contributed by atoms with Gasteiger partial charge in [-0.2, -0.15) is 13.2 Å². The molecule has 12 heteroatoms. The van der Waals surface area contributed by atoms with Crippen LogP contribution in [0.4, 0.5) is 13.2 Å². The third kappa shape index (κ3) is 7.41. The summed E-state index contributed by atoms with van der Waals surface area (Å²) in [6, 6.07) is 5.26. The first-order valence-corrected chi connectivity index (χ1v) is 11.5. The molecule has 194 valence electrons. The molecule has 4 N–H and O–H groups in total. The molecular weight excluding hydrogens is 469 g/mol. The summed E-state index contributed by atoms with van der Waals surface area (Å²) in [5, 5.41) is 9.48. The summed E-state index contributed by atoms with van der Waals surface area (Å²) in [6.07, 6.45) is 3.35. The third-order valence-corrected chi connectivity index (χ3v) is 5.85. The number of fused-ring (bicyclic) bond motifs is 1. The van der Waals surface area contributed by atoms with Crippen molar-refractivity contribution >= 4 is 28.8 Å². The number of nitrogens with zero attached hydrogens (tertiary/aromatic N) is 2. The predicted octanol–water partition coefficient (Wildman–Crippen LogP) is 2.79. The molecule has 1 atom stereocenters. The molecule has 1 saturated heterocycles. The van der Waals surface area contributed by atoms with Crippen molar-refractivity contribution in [3.05, 3.63) is 34.2 Å². The van der Waals surface area contributed by atoms with Gasteiger partial charge in [0.15, 0.2) is 0 Å². The first-order valence-electron chi connectivity index (χ1n) is 11.5. The van der Waals surface area contributed by atoms with Gasteiger partial charge in [-0.25, -0.2) is 9.59 Å². The molecule has 1 fully saturated rings. The Kier molecular flexibility index (Phi) is 10.1. The highest BCUT2D eigenvalue weighted by Gasteiger charge is 2.38. The van der Waals surface area contributed by atoms with E-state index in [2.05, 4.69) is 11.4 Å². The maximum atomic E-state index is 12.9. The van der Waals surface area contributed by atoms with Gasteiger partial charge >= 0.3 is 17.8 Å². The molecular formula is C23H31F3N4O5. The summed E-state index contributed by atoms with van der Waals surface area (Å²) in [4.78, 5) is 45.6. The number of unbranched alkanes of at least 4 members (excludes halogenated alkanes) is 5. The van der Waals surface area contributed by atoms with Gasteiger partial charge in [-0.3, -0.25) is 24.0 Å². The van der Waals surface area contributed by atoms with Crippen LogP contribution in [0, 0.1) is 0 Å². The molecule has 2 amide bonds. The molecule has 9 nitrogen and oxygen atoms in total. The van der Waals surface area contributed by atoms with E-state index in [1.54, 1.807) is 16.2 Å². The van der Waals surface area contributed by atoms with Crippen molar-refractivity contribution in [3.63, 3.8) is 0 Å². The number of aryl methyl sites for hydroxylation is 2. The van der Waals surface area contributed by atoms with Gasteiger partial charge in [-0.05, 0) is 43.9 Å². The maximum Gasteiger partial charge on any atom is 0.490 e. The normalized spacial score (nSPS) is 16.1. The van der Waals surface area contributed by atoms with Crippen molar-refractivity contribution in [1.29, 1.82) is 0 Å². The first kappa shape index (κ1) is 28.1. The van der Waals surface area contributed by atoms with Crippen LogP contribution in [-0.2, 0) is 27.9 Å². The molecule has 35 heavy (non-hydrogen) atoms. The van der Waals surface area contributed by atoms with Crippen molar-refractivity contribution < 1.29 is 32.7 Å². The molecule has 1 aromatic heterocycles. The van der Waals surface area contributed by atoms with E-state index in [0.717, 1.165) is 48.8 Å². The van der Waals surface area contributed by atoms with Gasteiger partial charge in [0.05, 0.1) is 11.0 Å². The average molecular weight is 501 g/mol. The number of aromatic nitrogens is 2. The molecule has 0 radical (unpaired) electrons. The average Bonchev–Trinajstić information content (AvgIpc) is 3.04. The Balaban J connectivity index is 0.000000540. The third-order valence-electron chi connectivity index (χ3n) is 5.85. The smallest absolute Gasteiger partial charge is 0.475 e. The van der Waals surface area contributed by atoms with Gasteiger partial charge in [0.2, 0.25) is 11.8 Å². The zero-order chi connectivity index (χ0) is 26.2. The minimum atomic E-state index is -5.08. The number of alkyl halides is 3. The van der Waals surface area contributed by atoms with E-state index in [4.69, 9.17) is 15.6 Å². The summed E-state index contributed by atoms with van der Waals surface area (Å²) in [6.45, 7) is 0.764. The molecule has 0 aliphatic carbocycles. The quantitative estimate of drug-likeness (QED) is 0.358. The van der Waals surface area contributed by atoms with E-state index < -0.39 is 24.1 Å². The SMILES string of the molecule is Cn1c(=O)n(C2CCC(=O)NC2=O)c2cccc(CCCCCCCCN)c21.O=C(O)C(F)(F)F. The number of rotatable bonds is 9. The van der Waals surface area contributed by atoms with Crippen molar-refractivity contribution in [1.82, 2.24) is 14.5 Å². The Hall–Kier alpha value is -3.15. The summed E-state index contributed by atoms with van der Waals surface area (Å²) in [5.41, 5.74) is 8.10. The topological polar surface area (TPSA) is 136 Å². The number of para-hydroxylation sites is 1. The molecule has 0 bridgehead atoms. The fraction of sp³-hybridized carbons (Fsp3) is 0.565. The van der Waals surface area contributed by atoms with Crippen molar-refractivity contribution in [2.45, 2.75) is 70.0 Å². The van der Waals surface area contributed by atoms with Gasteiger partial charge in [-0.1, -0.05) is 37.8 Å². The predicted molar refractivity (Wildman–Crippen MR) is 123 cm³/mol. The van der Waals surface area contributed by atoms with E-state index in [-0.39, 0.29) is 18.0 Å². The van der Waals surface area contributed by atoms with Gasteiger partial charge in [0, 0.05) is 13.5 Å². The van der Waals surface area contributed by atoms with Crippen LogP contribution in [0.1, 0.15) is 63.0 Å². The molecule has 1 aliphatic heterocycles. The molecule has 0 spiro atoms. The number of aliphatic carboxylic acids is 1. The maximum absolute atomic E-state index is 12.9. The number of halogens is 3. The number of piperidine rings is 1. The minimum Gasteiger partial charge on any atom is -0.475 e.